The van der Waals surface area contributed by atoms with Crippen LogP contribution in [0.3, 0.4) is 0 Å². The van der Waals surface area contributed by atoms with Crippen molar-refractivity contribution in [2.75, 3.05) is 13.7 Å². The molecular formula is C19H22O4. The lowest BCUT2D eigenvalue weighted by molar-refractivity contribution is 0.102. The van der Waals surface area contributed by atoms with Gasteiger partial charge in [0, 0.05) is 0 Å². The van der Waals surface area contributed by atoms with Crippen LogP contribution in [0, 0.1) is 6.92 Å². The number of unbranched alkanes of at least 4 members (excludes halogenated alkanes) is 1. The average Bonchev–Trinajstić information content (AvgIpc) is 2.99. The Hall–Kier alpha value is -2.49. The first-order chi connectivity index (χ1) is 11.1. The van der Waals surface area contributed by atoms with Crippen molar-refractivity contribution in [2.45, 2.75) is 26.7 Å². The van der Waals surface area contributed by atoms with Crippen molar-refractivity contribution < 1.29 is 18.7 Å². The molecule has 0 fully saturated rings. The van der Waals surface area contributed by atoms with E-state index in [1.54, 1.807) is 25.3 Å². The molecule has 0 atom stereocenters. The van der Waals surface area contributed by atoms with Crippen molar-refractivity contribution >= 4 is 11.9 Å². The number of ether oxygens (including phenoxy) is 2. The molecule has 0 N–H and O–H groups in total. The van der Waals surface area contributed by atoms with Crippen molar-refractivity contribution in [1.29, 1.82) is 0 Å². The minimum atomic E-state index is -0.164. The Morgan fingerprint density at radius 1 is 1.22 bits per heavy atom. The summed E-state index contributed by atoms with van der Waals surface area (Å²) < 4.78 is 16.4. The molecular weight excluding hydrogens is 292 g/mol. The minimum absolute atomic E-state index is 0.164. The minimum Gasteiger partial charge on any atom is -0.493 e. The number of hydrogen-bond donors (Lipinski definition) is 0. The van der Waals surface area contributed by atoms with Crippen LogP contribution in [-0.4, -0.2) is 19.5 Å². The third-order valence-corrected chi connectivity index (χ3v) is 3.35. The Balaban J connectivity index is 2.11. The van der Waals surface area contributed by atoms with Gasteiger partial charge < -0.3 is 13.9 Å². The normalized spacial score (nSPS) is 10.9. The van der Waals surface area contributed by atoms with Crippen molar-refractivity contribution in [3.63, 3.8) is 0 Å². The van der Waals surface area contributed by atoms with E-state index >= 15 is 0 Å². The zero-order valence-corrected chi connectivity index (χ0v) is 13.8. The fourth-order valence-electron chi connectivity index (χ4n) is 2.06. The Bertz CT molecular complexity index is 682. The van der Waals surface area contributed by atoms with Gasteiger partial charge in [0.25, 0.3) is 0 Å². The summed E-state index contributed by atoms with van der Waals surface area (Å²) in [5.74, 6) is 2.27. The number of allylic oxidation sites excluding steroid dienone is 1. The Labute approximate surface area is 136 Å². The third-order valence-electron chi connectivity index (χ3n) is 3.35. The first-order valence-corrected chi connectivity index (χ1v) is 7.73. The van der Waals surface area contributed by atoms with E-state index in [1.807, 2.05) is 25.1 Å². The monoisotopic (exact) mass is 314 g/mol. The number of benzene rings is 1. The van der Waals surface area contributed by atoms with E-state index in [0.717, 1.165) is 24.2 Å². The Morgan fingerprint density at radius 3 is 2.70 bits per heavy atom. The fraction of sp³-hybridized carbons (Fsp3) is 0.316. The maximum atomic E-state index is 12.0. The first kappa shape index (κ1) is 16.9. The number of carbonyl (C=O) groups excluding carboxylic acids is 1. The predicted molar refractivity (Wildman–Crippen MR) is 90.2 cm³/mol. The van der Waals surface area contributed by atoms with E-state index in [4.69, 9.17) is 13.9 Å². The van der Waals surface area contributed by atoms with Gasteiger partial charge in [-0.25, -0.2) is 0 Å². The number of methoxy groups -OCH3 is 1. The maximum absolute atomic E-state index is 12.0. The summed E-state index contributed by atoms with van der Waals surface area (Å²) in [5, 5.41) is 0. The molecule has 0 radical (unpaired) electrons. The van der Waals surface area contributed by atoms with Crippen LogP contribution in [0.15, 0.2) is 40.8 Å². The Kier molecular flexibility index (Phi) is 6.03. The molecule has 0 aliphatic carbocycles. The largest absolute Gasteiger partial charge is 0.493 e. The Morgan fingerprint density at radius 2 is 2.04 bits per heavy atom. The highest BCUT2D eigenvalue weighted by atomic mass is 16.5. The molecule has 122 valence electrons. The van der Waals surface area contributed by atoms with Gasteiger partial charge in [0.05, 0.1) is 13.7 Å². The SMILES string of the molecule is CCCCOc1cc(/C=C/C(=O)c2ccc(C)o2)ccc1OC. The van der Waals surface area contributed by atoms with Gasteiger partial charge in [-0.2, -0.15) is 0 Å². The van der Waals surface area contributed by atoms with Gasteiger partial charge >= 0.3 is 0 Å². The topological polar surface area (TPSA) is 48.7 Å². The summed E-state index contributed by atoms with van der Waals surface area (Å²) >= 11 is 0. The maximum Gasteiger partial charge on any atom is 0.221 e. The van der Waals surface area contributed by atoms with Gasteiger partial charge in [0.15, 0.2) is 17.3 Å². The standard InChI is InChI=1S/C19H22O4/c1-4-5-12-22-19-13-15(8-11-18(19)21-3)7-9-16(20)17-10-6-14(2)23-17/h6-11,13H,4-5,12H2,1-3H3/b9-7+. The van der Waals surface area contributed by atoms with Crippen molar-refractivity contribution in [1.82, 2.24) is 0 Å². The second-order valence-electron chi connectivity index (χ2n) is 5.22. The van der Waals surface area contributed by atoms with Crippen LogP contribution in [0.1, 0.15) is 41.6 Å². The van der Waals surface area contributed by atoms with Crippen molar-refractivity contribution in [3.05, 3.63) is 53.5 Å². The van der Waals surface area contributed by atoms with Crippen LogP contribution >= 0.6 is 0 Å². The van der Waals surface area contributed by atoms with E-state index in [0.29, 0.717) is 23.9 Å². The van der Waals surface area contributed by atoms with Gasteiger partial charge in [0.1, 0.15) is 5.76 Å². The molecule has 0 saturated carbocycles. The summed E-state index contributed by atoms with van der Waals surface area (Å²) in [6, 6.07) is 9.03. The highest BCUT2D eigenvalue weighted by Gasteiger charge is 2.07. The number of hydrogen-bond acceptors (Lipinski definition) is 4. The van der Waals surface area contributed by atoms with E-state index in [9.17, 15) is 4.79 Å². The lowest BCUT2D eigenvalue weighted by Crippen LogP contribution is -1.99. The summed E-state index contributed by atoms with van der Waals surface area (Å²) in [7, 11) is 1.61. The summed E-state index contributed by atoms with van der Waals surface area (Å²) in [6.45, 7) is 4.57. The molecule has 0 aliphatic heterocycles. The van der Waals surface area contributed by atoms with E-state index < -0.39 is 0 Å². The molecule has 0 spiro atoms. The molecule has 2 rings (SSSR count). The highest BCUT2D eigenvalue weighted by Crippen LogP contribution is 2.28. The second kappa shape index (κ2) is 8.22. The smallest absolute Gasteiger partial charge is 0.221 e. The van der Waals surface area contributed by atoms with Gasteiger partial charge in [-0.05, 0) is 49.2 Å². The number of furan rings is 1. The average molecular weight is 314 g/mol. The van der Waals surface area contributed by atoms with E-state index in [1.165, 1.54) is 6.08 Å². The van der Waals surface area contributed by atoms with E-state index in [2.05, 4.69) is 6.92 Å². The molecule has 4 heteroatoms. The van der Waals surface area contributed by atoms with Gasteiger partial charge in [0.2, 0.25) is 5.78 Å². The van der Waals surface area contributed by atoms with Crippen LogP contribution in [0.5, 0.6) is 11.5 Å². The fourth-order valence-corrected chi connectivity index (χ4v) is 2.06. The third kappa shape index (κ3) is 4.74. The van der Waals surface area contributed by atoms with Crippen molar-refractivity contribution in [3.8, 4) is 11.5 Å². The highest BCUT2D eigenvalue weighted by molar-refractivity contribution is 6.04. The molecule has 0 aliphatic rings. The quantitative estimate of drug-likeness (QED) is 0.403. The van der Waals surface area contributed by atoms with Gasteiger partial charge in [-0.1, -0.05) is 25.5 Å². The van der Waals surface area contributed by atoms with Crippen LogP contribution in [-0.2, 0) is 0 Å². The summed E-state index contributed by atoms with van der Waals surface area (Å²) in [5.41, 5.74) is 0.869. The van der Waals surface area contributed by atoms with Crippen LogP contribution < -0.4 is 9.47 Å². The molecule has 0 unspecified atom stereocenters. The lowest BCUT2D eigenvalue weighted by atomic mass is 10.1. The number of rotatable bonds is 8. The van der Waals surface area contributed by atoms with Crippen LogP contribution in [0.2, 0.25) is 0 Å². The number of aryl methyl sites for hydroxylation is 1. The van der Waals surface area contributed by atoms with Crippen LogP contribution in [0.25, 0.3) is 6.08 Å². The molecule has 1 aromatic carbocycles. The van der Waals surface area contributed by atoms with Crippen molar-refractivity contribution in [2.24, 2.45) is 0 Å². The number of ketones is 1. The molecule has 0 bridgehead atoms. The molecule has 1 aromatic heterocycles. The first-order valence-electron chi connectivity index (χ1n) is 7.73. The zero-order chi connectivity index (χ0) is 16.7. The molecule has 4 nitrogen and oxygen atoms in total. The van der Waals surface area contributed by atoms with Crippen LogP contribution in [0.4, 0.5) is 0 Å². The zero-order valence-electron chi connectivity index (χ0n) is 13.8. The predicted octanol–water partition coefficient (Wildman–Crippen LogP) is 4.67. The van der Waals surface area contributed by atoms with E-state index in [-0.39, 0.29) is 5.78 Å². The molecule has 23 heavy (non-hydrogen) atoms. The number of carbonyl (C=O) groups is 1. The van der Waals surface area contributed by atoms with Gasteiger partial charge in [-0.15, -0.1) is 0 Å². The van der Waals surface area contributed by atoms with Gasteiger partial charge in [-0.3, -0.25) is 4.79 Å². The second-order valence-corrected chi connectivity index (χ2v) is 5.22. The summed E-state index contributed by atoms with van der Waals surface area (Å²) in [6.07, 6.45) is 5.29. The lowest BCUT2D eigenvalue weighted by Gasteiger charge is -2.11. The molecule has 0 saturated heterocycles. The molecule has 0 amide bonds. The molecule has 1 heterocycles. The molecule has 2 aromatic rings. The summed E-state index contributed by atoms with van der Waals surface area (Å²) in [4.78, 5) is 12.0.